The van der Waals surface area contributed by atoms with Gasteiger partial charge in [-0.05, 0) is 116 Å². The fourth-order valence-corrected chi connectivity index (χ4v) is 8.81. The zero-order valence-corrected chi connectivity index (χ0v) is 42.4. The Morgan fingerprint density at radius 3 is 1.43 bits per heavy atom. The predicted molar refractivity (Wildman–Crippen MR) is 284 cm³/mol. The van der Waals surface area contributed by atoms with Crippen molar-refractivity contribution in [1.82, 2.24) is 29.7 Å². The molecule has 18 nitrogen and oxygen atoms in total. The maximum atomic E-state index is 11.8. The summed E-state index contributed by atoms with van der Waals surface area (Å²) in [5.41, 5.74) is 7.17. The van der Waals surface area contributed by atoms with Crippen LogP contribution in [0.1, 0.15) is 36.6 Å². The van der Waals surface area contributed by atoms with E-state index < -0.39 is 5.25 Å². The van der Waals surface area contributed by atoms with Crippen LogP contribution in [0.5, 0.6) is 34.5 Å². The van der Waals surface area contributed by atoms with Crippen LogP contribution in [0.2, 0.25) is 0 Å². The molecule has 20 heteroatoms. The molecule has 8 aromatic rings. The number of imide groups is 2. The van der Waals surface area contributed by atoms with Crippen molar-refractivity contribution in [2.75, 3.05) is 16.4 Å². The lowest BCUT2D eigenvalue weighted by Gasteiger charge is -2.09. The van der Waals surface area contributed by atoms with E-state index in [4.69, 9.17) is 18.9 Å². The molecule has 1 atom stereocenters. The molecule has 2 aromatic heterocycles. The number of hydrogen-bond acceptors (Lipinski definition) is 14. The summed E-state index contributed by atoms with van der Waals surface area (Å²) in [5, 5.41) is 8.96. The summed E-state index contributed by atoms with van der Waals surface area (Å²) >= 11 is 2.03. The number of imidazole rings is 2. The highest BCUT2D eigenvalue weighted by Gasteiger charge is 2.31. The Hall–Kier alpha value is -8.62. The van der Waals surface area contributed by atoms with E-state index in [1.54, 1.807) is 36.4 Å². The van der Waals surface area contributed by atoms with E-state index in [1.165, 1.54) is 19.4 Å². The maximum absolute atomic E-state index is 11.8. The van der Waals surface area contributed by atoms with Gasteiger partial charge in [-0.3, -0.25) is 39.4 Å². The summed E-state index contributed by atoms with van der Waals surface area (Å²) in [4.78, 5) is 75.0. The third-order valence-corrected chi connectivity index (χ3v) is 12.9. The molecule has 0 spiro atoms. The first-order valence-corrected chi connectivity index (χ1v) is 24.9. The number of ether oxygens (including phenoxy) is 4. The molecular weight excluding hydrogens is 985 g/mol. The number of hydrogen-bond donors (Lipinski definition) is 4. The first kappa shape index (κ1) is 51.7. The van der Waals surface area contributed by atoms with Crippen molar-refractivity contribution in [2.45, 2.75) is 45.7 Å². The van der Waals surface area contributed by atoms with Crippen molar-refractivity contribution in [2.24, 2.45) is 14.1 Å². The fourth-order valence-electron chi connectivity index (χ4n) is 7.43. The molecular formula is C54H50N8O10S2. The molecule has 2 fully saturated rings. The van der Waals surface area contributed by atoms with E-state index in [2.05, 4.69) is 31.2 Å². The lowest BCUT2D eigenvalue weighted by atomic mass is 10.1. The Kier molecular flexibility index (Phi) is 16.6. The van der Waals surface area contributed by atoms with Crippen molar-refractivity contribution >= 4 is 91.1 Å². The van der Waals surface area contributed by atoms with Gasteiger partial charge < -0.3 is 38.7 Å². The average molecular weight is 1040 g/mol. The van der Waals surface area contributed by atoms with Crippen LogP contribution < -0.4 is 40.2 Å². The maximum Gasteiger partial charge on any atom is 0.286 e. The lowest BCUT2D eigenvalue weighted by Crippen LogP contribution is -2.25. The number of carbonyl (C=O) groups excluding carboxylic acids is 6. The van der Waals surface area contributed by atoms with Crippen molar-refractivity contribution in [3.05, 3.63) is 156 Å². The molecule has 2 aliphatic heterocycles. The molecule has 4 N–H and O–H groups in total. The van der Waals surface area contributed by atoms with E-state index in [-0.39, 0.29) is 40.7 Å². The van der Waals surface area contributed by atoms with E-state index in [0.717, 1.165) is 74.2 Å². The van der Waals surface area contributed by atoms with E-state index in [0.29, 0.717) is 53.2 Å². The van der Waals surface area contributed by atoms with Crippen LogP contribution in [-0.2, 0) is 52.9 Å². The highest BCUT2D eigenvalue weighted by molar-refractivity contribution is 8.15. The Morgan fingerprint density at radius 1 is 0.595 bits per heavy atom. The number of aryl methyl sites for hydroxylation is 3. The third-order valence-electron chi connectivity index (χ3n) is 11.2. The Labute approximate surface area is 433 Å². The minimum atomic E-state index is -0.392. The minimum absolute atomic E-state index is 0.104. The van der Waals surface area contributed by atoms with Crippen molar-refractivity contribution in [1.29, 1.82) is 0 Å². The number of aromatic nitrogens is 4. The number of nitrogens with zero attached hydrogens (tertiary/aromatic N) is 4. The quantitative estimate of drug-likeness (QED) is 0.0796. The number of amides is 6. The van der Waals surface area contributed by atoms with Gasteiger partial charge in [0.25, 0.3) is 10.5 Å². The normalized spacial score (nSPS) is 13.8. The molecule has 2 saturated heterocycles. The van der Waals surface area contributed by atoms with Crippen LogP contribution in [0.3, 0.4) is 0 Å². The Balaban J connectivity index is 0.000000177. The number of benzene rings is 6. The molecule has 0 aliphatic carbocycles. The first-order chi connectivity index (χ1) is 35.6. The smallest absolute Gasteiger partial charge is 0.286 e. The number of carbonyl (C=O) groups is 6. The second-order valence-electron chi connectivity index (χ2n) is 16.8. The summed E-state index contributed by atoms with van der Waals surface area (Å²) in [5.74, 6) is 5.45. The van der Waals surface area contributed by atoms with Crippen LogP contribution in [0.4, 0.5) is 21.0 Å². The fraction of sp³-hybridized carbons (Fsp3) is 0.185. The SMILES string of the molecule is CC(=O)Nc1ccc(Oc2ccc3nc(COc4ccc(C)cc4)n(C)c3c2)cc1.CC(=O)Nc1ccc(Oc2ccc3nc(COc4ccc(CC5SC(=O)NC5=O)cc4)n(C)c3c2)cc1.O=C1CSC(=O)N1. The van der Waals surface area contributed by atoms with Gasteiger partial charge in [0.15, 0.2) is 0 Å². The summed E-state index contributed by atoms with van der Waals surface area (Å²) in [6.07, 6.45) is 0.483. The number of rotatable bonds is 14. The number of fused-ring (bicyclic) bond motifs is 2. The number of nitrogens with one attached hydrogen (secondary N) is 4. The minimum Gasteiger partial charge on any atom is -0.486 e. The summed E-state index contributed by atoms with van der Waals surface area (Å²) in [7, 11) is 3.89. The van der Waals surface area contributed by atoms with Gasteiger partial charge >= 0.3 is 0 Å². The zero-order chi connectivity index (χ0) is 52.3. The second kappa shape index (κ2) is 23.7. The molecule has 0 bridgehead atoms. The van der Waals surface area contributed by atoms with Gasteiger partial charge in [-0.15, -0.1) is 0 Å². The van der Waals surface area contributed by atoms with Crippen molar-refractivity contribution < 1.29 is 47.7 Å². The van der Waals surface area contributed by atoms with Gasteiger partial charge in [0.1, 0.15) is 59.4 Å². The molecule has 0 saturated carbocycles. The summed E-state index contributed by atoms with van der Waals surface area (Å²) in [6.45, 7) is 5.66. The second-order valence-corrected chi connectivity index (χ2v) is 19.0. The van der Waals surface area contributed by atoms with E-state index in [9.17, 15) is 28.8 Å². The van der Waals surface area contributed by atoms with Crippen LogP contribution in [0.25, 0.3) is 22.1 Å². The first-order valence-electron chi connectivity index (χ1n) is 23.0. The van der Waals surface area contributed by atoms with Gasteiger partial charge in [0.2, 0.25) is 23.6 Å². The van der Waals surface area contributed by atoms with Gasteiger partial charge in [0.05, 0.1) is 33.1 Å². The van der Waals surface area contributed by atoms with Crippen LogP contribution in [-0.4, -0.2) is 64.2 Å². The Bertz CT molecular complexity index is 3350. The predicted octanol–water partition coefficient (Wildman–Crippen LogP) is 9.98. The molecule has 4 heterocycles. The van der Waals surface area contributed by atoms with Gasteiger partial charge in [-0.2, -0.15) is 0 Å². The molecule has 378 valence electrons. The largest absolute Gasteiger partial charge is 0.486 e. The summed E-state index contributed by atoms with van der Waals surface area (Å²) in [6, 6.07) is 41.3. The molecule has 1 unspecified atom stereocenters. The van der Waals surface area contributed by atoms with Crippen LogP contribution in [0.15, 0.2) is 133 Å². The molecule has 2 aliphatic rings. The molecule has 6 amide bonds. The van der Waals surface area contributed by atoms with E-state index in [1.807, 2.05) is 127 Å². The number of thioether (sulfide) groups is 2. The monoisotopic (exact) mass is 1030 g/mol. The average Bonchev–Trinajstić information content (AvgIpc) is 4.11. The van der Waals surface area contributed by atoms with Gasteiger partial charge in [0, 0.05) is 51.5 Å². The molecule has 74 heavy (non-hydrogen) atoms. The summed E-state index contributed by atoms with van der Waals surface area (Å²) < 4.78 is 27.7. The molecule has 0 radical (unpaired) electrons. The van der Waals surface area contributed by atoms with Gasteiger partial charge in [-0.1, -0.05) is 53.4 Å². The van der Waals surface area contributed by atoms with Crippen LogP contribution >= 0.6 is 23.5 Å². The third kappa shape index (κ3) is 14.1. The highest BCUT2D eigenvalue weighted by atomic mass is 32.2. The standard InChI is InChI=1S/C27H24N4O5S.C24H23N3O3.C3H3NO2S/c1-16(32)28-18-5-9-20(10-6-18)36-21-11-12-22-23(14-21)31(2)25(29-22)15-35-19-7-3-17(4-8-19)13-24-26(33)30-27(34)37-24;1-16-4-8-19(9-5-16)29-15-24-26-22-13-12-21(14-23(22)27(24)3)30-20-10-6-18(7-11-20)25-17(2)28;5-2-1-7-3(6)4-2/h3-12,14,24H,13,15H2,1-2H3,(H,28,32)(H,30,33,34);4-14H,15H2,1-3H3,(H,25,28);1H2,(H,4,5,6). The van der Waals surface area contributed by atoms with Crippen molar-refractivity contribution in [3.63, 3.8) is 0 Å². The lowest BCUT2D eigenvalue weighted by molar-refractivity contribution is -0.119. The Morgan fingerprint density at radius 2 is 1.04 bits per heavy atom. The molecule has 6 aromatic carbocycles. The number of anilines is 2. The van der Waals surface area contributed by atoms with E-state index >= 15 is 0 Å². The van der Waals surface area contributed by atoms with Gasteiger partial charge in [-0.25, -0.2) is 9.97 Å². The molecule has 10 rings (SSSR count). The van der Waals surface area contributed by atoms with Crippen molar-refractivity contribution in [3.8, 4) is 34.5 Å². The van der Waals surface area contributed by atoms with Crippen LogP contribution in [0, 0.1) is 6.92 Å². The zero-order valence-electron chi connectivity index (χ0n) is 40.8. The highest BCUT2D eigenvalue weighted by Crippen LogP contribution is 2.30. The topological polar surface area (TPSA) is 223 Å².